The van der Waals surface area contributed by atoms with Crippen LogP contribution < -0.4 is 5.63 Å². The van der Waals surface area contributed by atoms with Crippen molar-refractivity contribution in [1.29, 1.82) is 0 Å². The highest BCUT2D eigenvalue weighted by Gasteiger charge is 2.12. The highest BCUT2D eigenvalue weighted by Crippen LogP contribution is 2.22. The van der Waals surface area contributed by atoms with Gasteiger partial charge < -0.3 is 9.40 Å². The molecule has 0 unspecified atom stereocenters. The first-order chi connectivity index (χ1) is 10.2. The molecule has 0 fully saturated rings. The predicted molar refractivity (Wildman–Crippen MR) is 82.3 cm³/mol. The summed E-state index contributed by atoms with van der Waals surface area (Å²) in [5.74, 6) is 0.536. The Hall–Kier alpha value is -2.88. The van der Waals surface area contributed by atoms with Gasteiger partial charge in [-0.3, -0.25) is 0 Å². The molecule has 0 atom stereocenters. The monoisotopic (exact) mass is 276 g/mol. The SMILES string of the molecule is Cc1ccc2oc(=O)c(-c3nc4ccccc4[nH]3)cc2c1. The van der Waals surface area contributed by atoms with Crippen molar-refractivity contribution in [3.05, 3.63) is 64.5 Å². The first-order valence-electron chi connectivity index (χ1n) is 6.70. The van der Waals surface area contributed by atoms with Crippen LogP contribution in [0.15, 0.2) is 57.7 Å². The van der Waals surface area contributed by atoms with E-state index in [1.54, 1.807) is 0 Å². The number of imidazole rings is 1. The number of aromatic amines is 1. The molecule has 0 aliphatic rings. The minimum atomic E-state index is -0.384. The number of nitrogens with zero attached hydrogens (tertiary/aromatic N) is 1. The zero-order chi connectivity index (χ0) is 14.4. The zero-order valence-corrected chi connectivity index (χ0v) is 11.4. The molecule has 0 aliphatic heterocycles. The van der Waals surface area contributed by atoms with E-state index in [4.69, 9.17) is 4.42 Å². The van der Waals surface area contributed by atoms with Gasteiger partial charge in [-0.1, -0.05) is 23.8 Å². The normalized spacial score (nSPS) is 11.3. The van der Waals surface area contributed by atoms with Crippen molar-refractivity contribution >= 4 is 22.0 Å². The third-order valence-electron chi connectivity index (χ3n) is 3.53. The lowest BCUT2D eigenvalue weighted by atomic mass is 10.1. The number of nitrogens with one attached hydrogen (secondary N) is 1. The summed E-state index contributed by atoms with van der Waals surface area (Å²) in [4.78, 5) is 19.8. The van der Waals surface area contributed by atoms with E-state index in [2.05, 4.69) is 9.97 Å². The van der Waals surface area contributed by atoms with Gasteiger partial charge in [0.25, 0.3) is 0 Å². The van der Waals surface area contributed by atoms with E-state index in [9.17, 15) is 4.79 Å². The van der Waals surface area contributed by atoms with Gasteiger partial charge in [0.15, 0.2) is 0 Å². The summed E-state index contributed by atoms with van der Waals surface area (Å²) >= 11 is 0. The second-order valence-electron chi connectivity index (χ2n) is 5.09. The second kappa shape index (κ2) is 4.31. The van der Waals surface area contributed by atoms with Crippen LogP contribution in [-0.4, -0.2) is 9.97 Å². The number of para-hydroxylation sites is 2. The molecule has 4 aromatic rings. The molecule has 4 heteroatoms. The molecular weight excluding hydrogens is 264 g/mol. The van der Waals surface area contributed by atoms with Crippen molar-refractivity contribution < 1.29 is 4.42 Å². The van der Waals surface area contributed by atoms with Crippen molar-refractivity contribution in [2.75, 3.05) is 0 Å². The molecule has 21 heavy (non-hydrogen) atoms. The topological polar surface area (TPSA) is 58.9 Å². The number of hydrogen-bond donors (Lipinski definition) is 1. The maximum atomic E-state index is 12.2. The largest absolute Gasteiger partial charge is 0.422 e. The summed E-state index contributed by atoms with van der Waals surface area (Å²) in [7, 11) is 0. The molecule has 102 valence electrons. The first kappa shape index (κ1) is 11.9. The quantitative estimate of drug-likeness (QED) is 0.540. The van der Waals surface area contributed by atoms with E-state index in [1.165, 1.54) is 0 Å². The van der Waals surface area contributed by atoms with Crippen LogP contribution >= 0.6 is 0 Å². The van der Waals surface area contributed by atoms with E-state index in [0.29, 0.717) is 17.0 Å². The van der Waals surface area contributed by atoms with Crippen LogP contribution in [0.2, 0.25) is 0 Å². The molecule has 0 spiro atoms. The lowest BCUT2D eigenvalue weighted by Crippen LogP contribution is -2.03. The average Bonchev–Trinajstić information content (AvgIpc) is 2.90. The summed E-state index contributed by atoms with van der Waals surface area (Å²) in [6, 6.07) is 15.2. The van der Waals surface area contributed by atoms with Gasteiger partial charge in [-0.25, -0.2) is 9.78 Å². The Kier molecular flexibility index (Phi) is 2.44. The molecule has 4 rings (SSSR count). The van der Waals surface area contributed by atoms with Crippen LogP contribution in [0.5, 0.6) is 0 Å². The van der Waals surface area contributed by atoms with Gasteiger partial charge in [-0.2, -0.15) is 0 Å². The minimum Gasteiger partial charge on any atom is -0.422 e. The summed E-state index contributed by atoms with van der Waals surface area (Å²) in [5, 5.41) is 0.894. The molecule has 2 aromatic carbocycles. The molecule has 0 bridgehead atoms. The molecule has 0 radical (unpaired) electrons. The molecule has 0 amide bonds. The summed E-state index contributed by atoms with van der Waals surface area (Å²) in [6.45, 7) is 2.01. The van der Waals surface area contributed by atoms with E-state index >= 15 is 0 Å². The van der Waals surface area contributed by atoms with Gasteiger partial charge in [-0.05, 0) is 37.3 Å². The molecule has 0 saturated carbocycles. The molecule has 4 nitrogen and oxygen atoms in total. The van der Waals surface area contributed by atoms with Crippen LogP contribution in [0.4, 0.5) is 0 Å². The van der Waals surface area contributed by atoms with Crippen molar-refractivity contribution in [2.24, 2.45) is 0 Å². The molecule has 0 saturated heterocycles. The summed E-state index contributed by atoms with van der Waals surface area (Å²) in [6.07, 6.45) is 0. The maximum Gasteiger partial charge on any atom is 0.347 e. The van der Waals surface area contributed by atoms with E-state index in [-0.39, 0.29) is 5.63 Å². The number of aryl methyl sites for hydroxylation is 1. The molecule has 2 heterocycles. The van der Waals surface area contributed by atoms with E-state index < -0.39 is 0 Å². The average molecular weight is 276 g/mol. The van der Waals surface area contributed by atoms with Gasteiger partial charge in [-0.15, -0.1) is 0 Å². The van der Waals surface area contributed by atoms with Crippen LogP contribution in [0.1, 0.15) is 5.56 Å². The Morgan fingerprint density at radius 3 is 2.81 bits per heavy atom. The standard InChI is InChI=1S/C17H12N2O2/c1-10-6-7-15-11(8-10)9-12(17(20)21-15)16-18-13-4-2-3-5-14(13)19-16/h2-9H,1H3,(H,18,19). The molecular formula is C17H12N2O2. The highest BCUT2D eigenvalue weighted by atomic mass is 16.4. The predicted octanol–water partition coefficient (Wildman–Crippen LogP) is 3.64. The number of aromatic nitrogens is 2. The fourth-order valence-electron chi connectivity index (χ4n) is 2.49. The van der Waals surface area contributed by atoms with Gasteiger partial charge in [0.05, 0.1) is 11.0 Å². The zero-order valence-electron chi connectivity index (χ0n) is 11.4. The number of rotatable bonds is 1. The maximum absolute atomic E-state index is 12.2. The van der Waals surface area contributed by atoms with Gasteiger partial charge >= 0.3 is 5.63 Å². The Balaban J connectivity index is 2.00. The Labute approximate surface area is 120 Å². The Morgan fingerprint density at radius 1 is 1.10 bits per heavy atom. The van der Waals surface area contributed by atoms with Crippen molar-refractivity contribution in [3.8, 4) is 11.4 Å². The summed E-state index contributed by atoms with van der Waals surface area (Å²) in [5.41, 5.74) is 3.50. The van der Waals surface area contributed by atoms with Crippen molar-refractivity contribution in [2.45, 2.75) is 6.92 Å². The fourth-order valence-corrected chi connectivity index (χ4v) is 2.49. The lowest BCUT2D eigenvalue weighted by molar-refractivity contribution is 0.563. The Morgan fingerprint density at radius 2 is 1.95 bits per heavy atom. The number of H-pyrrole nitrogens is 1. The second-order valence-corrected chi connectivity index (χ2v) is 5.09. The smallest absolute Gasteiger partial charge is 0.347 e. The van der Waals surface area contributed by atoms with Crippen LogP contribution in [0.25, 0.3) is 33.4 Å². The van der Waals surface area contributed by atoms with Gasteiger partial charge in [0.1, 0.15) is 17.0 Å². The number of fused-ring (bicyclic) bond motifs is 2. The lowest BCUT2D eigenvalue weighted by Gasteiger charge is -2.00. The third kappa shape index (κ3) is 1.92. The van der Waals surface area contributed by atoms with E-state index in [0.717, 1.165) is 22.0 Å². The first-order valence-corrected chi connectivity index (χ1v) is 6.70. The highest BCUT2D eigenvalue weighted by molar-refractivity contribution is 5.84. The van der Waals surface area contributed by atoms with Gasteiger partial charge in [0, 0.05) is 5.39 Å². The summed E-state index contributed by atoms with van der Waals surface area (Å²) < 4.78 is 5.38. The molecule has 1 N–H and O–H groups in total. The van der Waals surface area contributed by atoms with E-state index in [1.807, 2.05) is 55.5 Å². The van der Waals surface area contributed by atoms with Crippen molar-refractivity contribution in [1.82, 2.24) is 9.97 Å². The third-order valence-corrected chi connectivity index (χ3v) is 3.53. The number of hydrogen-bond acceptors (Lipinski definition) is 3. The van der Waals surface area contributed by atoms with Crippen LogP contribution in [0, 0.1) is 6.92 Å². The fraction of sp³-hybridized carbons (Fsp3) is 0.0588. The van der Waals surface area contributed by atoms with Gasteiger partial charge in [0.2, 0.25) is 0 Å². The van der Waals surface area contributed by atoms with Crippen molar-refractivity contribution in [3.63, 3.8) is 0 Å². The molecule has 0 aliphatic carbocycles. The minimum absolute atomic E-state index is 0.384. The number of benzene rings is 2. The molecule has 2 aromatic heterocycles. The Bertz CT molecular complexity index is 995. The van der Waals surface area contributed by atoms with Crippen LogP contribution in [-0.2, 0) is 0 Å². The van der Waals surface area contributed by atoms with Crippen LogP contribution in [0.3, 0.4) is 0 Å².